The molecule has 0 bridgehead atoms. The third kappa shape index (κ3) is 2.76. The normalized spacial score (nSPS) is 11.0. The van der Waals surface area contributed by atoms with Crippen molar-refractivity contribution < 1.29 is 9.84 Å². The fourth-order valence-corrected chi connectivity index (χ4v) is 2.53. The van der Waals surface area contributed by atoms with Crippen LogP contribution < -0.4 is 4.74 Å². The van der Waals surface area contributed by atoms with E-state index in [1.807, 2.05) is 54.2 Å². The highest BCUT2D eigenvalue weighted by molar-refractivity contribution is 5.87. The highest BCUT2D eigenvalue weighted by Crippen LogP contribution is 2.28. The Kier molecular flexibility index (Phi) is 3.88. The second-order valence-corrected chi connectivity index (χ2v) is 4.97. The molecule has 0 aliphatic heterocycles. The zero-order valence-corrected chi connectivity index (χ0v) is 12.0. The molecule has 1 heterocycles. The molecule has 3 aromatic rings. The molecule has 3 rings (SSSR count). The standard InChI is InChI=1S/C17H18N2O2/c1-19-14(8-10-18-19)9-11-21-17-7-6-13-4-2-3-5-15(13)16(17)12-20/h2-8,10,20H,9,11-12H2,1H3. The van der Waals surface area contributed by atoms with Crippen LogP contribution in [0.2, 0.25) is 0 Å². The number of rotatable bonds is 5. The van der Waals surface area contributed by atoms with Gasteiger partial charge in [-0.05, 0) is 22.9 Å². The minimum atomic E-state index is -0.0254. The van der Waals surface area contributed by atoms with E-state index in [9.17, 15) is 5.11 Å². The van der Waals surface area contributed by atoms with Gasteiger partial charge >= 0.3 is 0 Å². The van der Waals surface area contributed by atoms with E-state index in [2.05, 4.69) is 5.10 Å². The van der Waals surface area contributed by atoms with Crippen molar-refractivity contribution >= 4 is 10.8 Å². The van der Waals surface area contributed by atoms with Gasteiger partial charge in [0.25, 0.3) is 0 Å². The fraction of sp³-hybridized carbons (Fsp3) is 0.235. The number of nitrogens with zero attached hydrogens (tertiary/aromatic N) is 2. The number of aliphatic hydroxyl groups is 1. The number of benzene rings is 2. The van der Waals surface area contributed by atoms with E-state index >= 15 is 0 Å². The highest BCUT2D eigenvalue weighted by atomic mass is 16.5. The van der Waals surface area contributed by atoms with Crippen LogP contribution in [0, 0.1) is 0 Å². The molecule has 108 valence electrons. The van der Waals surface area contributed by atoms with Crippen molar-refractivity contribution in [3.05, 3.63) is 59.9 Å². The number of hydrogen-bond acceptors (Lipinski definition) is 3. The first-order valence-electron chi connectivity index (χ1n) is 7.01. The molecule has 4 nitrogen and oxygen atoms in total. The van der Waals surface area contributed by atoms with E-state index < -0.39 is 0 Å². The lowest BCUT2D eigenvalue weighted by molar-refractivity contribution is 0.265. The van der Waals surface area contributed by atoms with E-state index in [-0.39, 0.29) is 6.61 Å². The van der Waals surface area contributed by atoms with Crippen LogP contribution in [0.3, 0.4) is 0 Å². The van der Waals surface area contributed by atoms with Gasteiger partial charge < -0.3 is 9.84 Å². The Bertz CT molecular complexity index is 749. The van der Waals surface area contributed by atoms with Crippen molar-refractivity contribution in [1.29, 1.82) is 0 Å². The van der Waals surface area contributed by atoms with Gasteiger partial charge in [0.2, 0.25) is 0 Å². The summed E-state index contributed by atoms with van der Waals surface area (Å²) in [7, 11) is 1.92. The Morgan fingerprint density at radius 1 is 1.14 bits per heavy atom. The summed E-state index contributed by atoms with van der Waals surface area (Å²) in [6, 6.07) is 13.9. The second kappa shape index (κ2) is 5.97. The summed E-state index contributed by atoms with van der Waals surface area (Å²) in [5.74, 6) is 0.748. The van der Waals surface area contributed by atoms with Crippen LogP contribution in [0.15, 0.2) is 48.7 Å². The summed E-state index contributed by atoms with van der Waals surface area (Å²) < 4.78 is 7.71. The summed E-state index contributed by atoms with van der Waals surface area (Å²) in [5.41, 5.74) is 1.97. The molecule has 0 saturated carbocycles. The molecule has 0 unspecified atom stereocenters. The largest absolute Gasteiger partial charge is 0.493 e. The second-order valence-electron chi connectivity index (χ2n) is 4.97. The zero-order valence-electron chi connectivity index (χ0n) is 12.0. The molecule has 1 N–H and O–H groups in total. The molecule has 0 aliphatic rings. The molecule has 0 radical (unpaired) electrons. The molecule has 4 heteroatoms. The van der Waals surface area contributed by atoms with E-state index in [0.29, 0.717) is 6.61 Å². The van der Waals surface area contributed by atoms with Crippen LogP contribution >= 0.6 is 0 Å². The van der Waals surface area contributed by atoms with Gasteiger partial charge in [0.1, 0.15) is 5.75 Å². The lowest BCUT2D eigenvalue weighted by atomic mass is 10.0. The number of ether oxygens (including phenoxy) is 1. The van der Waals surface area contributed by atoms with E-state index in [0.717, 1.165) is 34.2 Å². The summed E-state index contributed by atoms with van der Waals surface area (Å²) in [6.45, 7) is 0.535. The molecule has 21 heavy (non-hydrogen) atoms. The predicted octanol–water partition coefficient (Wildman–Crippen LogP) is 2.69. The van der Waals surface area contributed by atoms with Crippen LogP contribution in [0.25, 0.3) is 10.8 Å². The van der Waals surface area contributed by atoms with Crippen molar-refractivity contribution in [1.82, 2.24) is 9.78 Å². The molecule has 0 amide bonds. The third-order valence-electron chi connectivity index (χ3n) is 3.69. The lowest BCUT2D eigenvalue weighted by Gasteiger charge is -2.12. The summed E-state index contributed by atoms with van der Waals surface area (Å²) >= 11 is 0. The highest BCUT2D eigenvalue weighted by Gasteiger charge is 2.08. The average Bonchev–Trinajstić information content (AvgIpc) is 2.92. The Morgan fingerprint density at radius 2 is 2.00 bits per heavy atom. The lowest BCUT2D eigenvalue weighted by Crippen LogP contribution is -2.07. The Hall–Kier alpha value is -2.33. The quantitative estimate of drug-likeness (QED) is 0.782. The van der Waals surface area contributed by atoms with Crippen molar-refractivity contribution in [2.75, 3.05) is 6.61 Å². The van der Waals surface area contributed by atoms with Crippen LogP contribution in [0.1, 0.15) is 11.3 Å². The van der Waals surface area contributed by atoms with Gasteiger partial charge in [-0.1, -0.05) is 30.3 Å². The number of aliphatic hydroxyl groups excluding tert-OH is 1. The SMILES string of the molecule is Cn1nccc1CCOc1ccc2ccccc2c1CO. The van der Waals surface area contributed by atoms with Gasteiger partial charge in [0, 0.05) is 30.9 Å². The summed E-state index contributed by atoms with van der Waals surface area (Å²) in [4.78, 5) is 0. The maximum absolute atomic E-state index is 9.65. The Morgan fingerprint density at radius 3 is 2.76 bits per heavy atom. The van der Waals surface area contributed by atoms with Crippen molar-refractivity contribution in [3.63, 3.8) is 0 Å². The van der Waals surface area contributed by atoms with Gasteiger partial charge in [-0.2, -0.15) is 5.10 Å². The Balaban J connectivity index is 1.79. The molecule has 0 aliphatic carbocycles. The molecule has 0 saturated heterocycles. The van der Waals surface area contributed by atoms with Gasteiger partial charge in [0.05, 0.1) is 13.2 Å². The van der Waals surface area contributed by atoms with Crippen molar-refractivity contribution in [2.45, 2.75) is 13.0 Å². The maximum atomic E-state index is 9.65. The third-order valence-corrected chi connectivity index (χ3v) is 3.69. The van der Waals surface area contributed by atoms with Crippen molar-refractivity contribution in [2.24, 2.45) is 7.05 Å². The van der Waals surface area contributed by atoms with Crippen LogP contribution in [0.5, 0.6) is 5.75 Å². The molecular formula is C17H18N2O2. The van der Waals surface area contributed by atoms with Gasteiger partial charge in [-0.25, -0.2) is 0 Å². The molecule has 2 aromatic carbocycles. The first-order valence-corrected chi connectivity index (χ1v) is 7.01. The van der Waals surface area contributed by atoms with Gasteiger partial charge in [-0.3, -0.25) is 4.68 Å². The van der Waals surface area contributed by atoms with Crippen LogP contribution in [-0.2, 0) is 20.1 Å². The number of aromatic nitrogens is 2. The minimum Gasteiger partial charge on any atom is -0.493 e. The van der Waals surface area contributed by atoms with Gasteiger partial charge in [0.15, 0.2) is 0 Å². The van der Waals surface area contributed by atoms with Crippen molar-refractivity contribution in [3.8, 4) is 5.75 Å². The summed E-state index contributed by atoms with van der Waals surface area (Å²) in [6.07, 6.45) is 2.57. The summed E-state index contributed by atoms with van der Waals surface area (Å²) in [5, 5.41) is 15.9. The fourth-order valence-electron chi connectivity index (χ4n) is 2.53. The first kappa shape index (κ1) is 13.6. The van der Waals surface area contributed by atoms with E-state index in [4.69, 9.17) is 4.74 Å². The van der Waals surface area contributed by atoms with Gasteiger partial charge in [-0.15, -0.1) is 0 Å². The predicted molar refractivity (Wildman–Crippen MR) is 82.3 cm³/mol. The first-order chi connectivity index (χ1) is 10.3. The Labute approximate surface area is 123 Å². The number of aryl methyl sites for hydroxylation is 1. The topological polar surface area (TPSA) is 47.3 Å². The zero-order chi connectivity index (χ0) is 14.7. The smallest absolute Gasteiger partial charge is 0.125 e. The minimum absolute atomic E-state index is 0.0254. The maximum Gasteiger partial charge on any atom is 0.125 e. The molecule has 0 spiro atoms. The monoisotopic (exact) mass is 282 g/mol. The number of hydrogen-bond donors (Lipinski definition) is 1. The number of fused-ring (bicyclic) bond motifs is 1. The molecule has 0 atom stereocenters. The van der Waals surface area contributed by atoms with Crippen LogP contribution in [-0.4, -0.2) is 21.5 Å². The molecule has 1 aromatic heterocycles. The van der Waals surface area contributed by atoms with E-state index in [1.54, 1.807) is 6.20 Å². The molecule has 0 fully saturated rings. The van der Waals surface area contributed by atoms with E-state index in [1.165, 1.54) is 0 Å². The van der Waals surface area contributed by atoms with Crippen LogP contribution in [0.4, 0.5) is 0 Å². The average molecular weight is 282 g/mol. The molecular weight excluding hydrogens is 264 g/mol.